The number of rotatable bonds is 5. The van der Waals surface area contributed by atoms with E-state index in [2.05, 4.69) is 43.8 Å². The second-order valence-corrected chi connectivity index (χ2v) is 7.00. The Bertz CT molecular complexity index is 427. The molecule has 0 saturated heterocycles. The van der Waals surface area contributed by atoms with Crippen LogP contribution in [0.15, 0.2) is 22.7 Å². The van der Waals surface area contributed by atoms with Crippen LogP contribution in [0, 0.1) is 3.57 Å². The lowest BCUT2D eigenvalue weighted by Gasteiger charge is -2.21. The maximum atomic E-state index is 12.1. The number of aliphatic hydroxyl groups is 1. The molecule has 2 atom stereocenters. The number of carbonyl (C=O) groups is 1. The van der Waals surface area contributed by atoms with Crippen LogP contribution in [0.2, 0.25) is 0 Å². The maximum absolute atomic E-state index is 12.1. The molecule has 0 aromatic heterocycles. The lowest BCUT2D eigenvalue weighted by molar-refractivity contribution is 0.0935. The summed E-state index contributed by atoms with van der Waals surface area (Å²) in [5.41, 5.74) is 0.648. The summed E-state index contributed by atoms with van der Waals surface area (Å²) >= 11 is 7.05. The molecule has 0 bridgehead atoms. The first kappa shape index (κ1) is 16.3. The van der Waals surface area contributed by atoms with E-state index in [-0.39, 0.29) is 23.8 Å². The average molecular weight is 444 g/mol. The lowest BCUT2D eigenvalue weighted by Crippen LogP contribution is -2.41. The van der Waals surface area contributed by atoms with Crippen molar-refractivity contribution < 1.29 is 9.90 Å². The molecule has 0 saturated carbocycles. The van der Waals surface area contributed by atoms with Crippen molar-refractivity contribution in [2.75, 3.05) is 12.9 Å². The molecule has 0 aliphatic rings. The fraction of sp³-hybridized carbons (Fsp3) is 0.417. The Morgan fingerprint density at radius 3 is 2.83 bits per heavy atom. The molecule has 0 heterocycles. The number of thioether (sulfide) groups is 1. The summed E-state index contributed by atoms with van der Waals surface area (Å²) in [6.45, 7) is 1.96. The Hall–Kier alpha value is 0.210. The lowest BCUT2D eigenvalue weighted by atomic mass is 10.2. The van der Waals surface area contributed by atoms with E-state index in [1.807, 2.05) is 25.3 Å². The third-order valence-electron chi connectivity index (χ3n) is 2.57. The fourth-order valence-electron chi connectivity index (χ4n) is 1.49. The van der Waals surface area contributed by atoms with Crippen LogP contribution in [0.1, 0.15) is 17.3 Å². The molecular weight excluding hydrogens is 429 g/mol. The minimum atomic E-state index is -0.110. The molecule has 0 fully saturated rings. The van der Waals surface area contributed by atoms with Gasteiger partial charge in [-0.1, -0.05) is 15.9 Å². The Morgan fingerprint density at radius 2 is 2.28 bits per heavy atom. The summed E-state index contributed by atoms with van der Waals surface area (Å²) in [6.07, 6.45) is 1.92. The summed E-state index contributed by atoms with van der Waals surface area (Å²) in [5, 5.41) is 12.1. The third-order valence-corrected chi connectivity index (χ3v) is 5.17. The molecule has 0 aliphatic carbocycles. The summed E-state index contributed by atoms with van der Waals surface area (Å²) < 4.78 is 1.79. The highest BCUT2D eigenvalue weighted by atomic mass is 127. The Kier molecular flexibility index (Phi) is 6.97. The highest BCUT2D eigenvalue weighted by Gasteiger charge is 2.19. The number of benzene rings is 1. The van der Waals surface area contributed by atoms with Gasteiger partial charge in [-0.05, 0) is 54.0 Å². The van der Waals surface area contributed by atoms with Crippen molar-refractivity contribution in [2.24, 2.45) is 0 Å². The van der Waals surface area contributed by atoms with Gasteiger partial charge >= 0.3 is 0 Å². The molecule has 0 spiro atoms. The second kappa shape index (κ2) is 7.72. The molecule has 1 aromatic rings. The first-order chi connectivity index (χ1) is 8.49. The maximum Gasteiger partial charge on any atom is 0.252 e. The monoisotopic (exact) mass is 443 g/mol. The molecule has 2 N–H and O–H groups in total. The van der Waals surface area contributed by atoms with E-state index in [0.717, 1.165) is 8.04 Å². The van der Waals surface area contributed by atoms with Gasteiger partial charge in [0.2, 0.25) is 0 Å². The topological polar surface area (TPSA) is 49.3 Å². The number of hydrogen-bond acceptors (Lipinski definition) is 3. The first-order valence-electron chi connectivity index (χ1n) is 5.39. The molecule has 6 heteroatoms. The van der Waals surface area contributed by atoms with Gasteiger partial charge in [-0.3, -0.25) is 4.79 Å². The molecule has 1 amide bonds. The number of nitrogens with one attached hydrogen (secondary N) is 1. The second-order valence-electron chi connectivity index (χ2n) is 3.84. The molecule has 0 radical (unpaired) electrons. The predicted molar refractivity (Wildman–Crippen MR) is 88.2 cm³/mol. The van der Waals surface area contributed by atoms with Crippen LogP contribution in [0.4, 0.5) is 0 Å². The molecule has 3 nitrogen and oxygen atoms in total. The van der Waals surface area contributed by atoms with Crippen LogP contribution < -0.4 is 5.32 Å². The Balaban J connectivity index is 2.79. The van der Waals surface area contributed by atoms with Gasteiger partial charge in [-0.2, -0.15) is 11.8 Å². The van der Waals surface area contributed by atoms with E-state index in [0.29, 0.717) is 5.56 Å². The van der Waals surface area contributed by atoms with Gasteiger partial charge in [0.25, 0.3) is 5.91 Å². The van der Waals surface area contributed by atoms with Crippen LogP contribution in [-0.2, 0) is 0 Å². The Morgan fingerprint density at radius 1 is 1.61 bits per heavy atom. The van der Waals surface area contributed by atoms with Crippen molar-refractivity contribution in [3.05, 3.63) is 31.8 Å². The molecule has 0 aliphatic heterocycles. The van der Waals surface area contributed by atoms with E-state index >= 15 is 0 Å². The standard InChI is InChI=1S/C12H15BrINO2S/c1-7(11(6-16)18-2)15-12(17)9-5-8(13)3-4-10(9)14/h3-5,7,11,16H,6H2,1-2H3,(H,15,17). The van der Waals surface area contributed by atoms with Crippen LogP contribution in [-0.4, -0.2) is 35.2 Å². The predicted octanol–water partition coefficient (Wildman–Crippen LogP) is 2.90. The average Bonchev–Trinajstić information content (AvgIpc) is 2.33. The molecule has 100 valence electrons. The number of halogens is 2. The van der Waals surface area contributed by atoms with Crippen LogP contribution >= 0.6 is 50.3 Å². The summed E-state index contributed by atoms with van der Waals surface area (Å²) in [6, 6.07) is 5.52. The van der Waals surface area contributed by atoms with Gasteiger partial charge in [-0.15, -0.1) is 0 Å². The zero-order valence-electron chi connectivity index (χ0n) is 10.1. The third kappa shape index (κ3) is 4.40. The summed E-state index contributed by atoms with van der Waals surface area (Å²) in [7, 11) is 0. The highest BCUT2D eigenvalue weighted by molar-refractivity contribution is 14.1. The number of aliphatic hydroxyl groups excluding tert-OH is 1. The first-order valence-corrected chi connectivity index (χ1v) is 8.55. The van der Waals surface area contributed by atoms with Crippen molar-refractivity contribution in [1.29, 1.82) is 0 Å². The minimum absolute atomic E-state index is 0.0127. The number of amides is 1. The zero-order valence-corrected chi connectivity index (χ0v) is 14.7. The molecule has 18 heavy (non-hydrogen) atoms. The van der Waals surface area contributed by atoms with Crippen molar-refractivity contribution >= 4 is 56.2 Å². The summed E-state index contributed by atoms with van der Waals surface area (Å²) in [5.74, 6) is -0.110. The Labute approximate surface area is 133 Å². The van der Waals surface area contributed by atoms with Gasteiger partial charge in [0, 0.05) is 19.3 Å². The van der Waals surface area contributed by atoms with E-state index in [1.54, 1.807) is 17.8 Å². The highest BCUT2D eigenvalue weighted by Crippen LogP contribution is 2.19. The van der Waals surface area contributed by atoms with Gasteiger partial charge in [0.05, 0.1) is 12.2 Å². The van der Waals surface area contributed by atoms with Crippen LogP contribution in [0.3, 0.4) is 0 Å². The van der Waals surface area contributed by atoms with Gasteiger partial charge in [-0.25, -0.2) is 0 Å². The van der Waals surface area contributed by atoms with E-state index in [1.165, 1.54) is 0 Å². The smallest absolute Gasteiger partial charge is 0.252 e. The van der Waals surface area contributed by atoms with Crippen molar-refractivity contribution in [3.8, 4) is 0 Å². The van der Waals surface area contributed by atoms with Crippen LogP contribution in [0.5, 0.6) is 0 Å². The van der Waals surface area contributed by atoms with Crippen molar-refractivity contribution in [3.63, 3.8) is 0 Å². The molecule has 2 unspecified atom stereocenters. The van der Waals surface area contributed by atoms with E-state index in [9.17, 15) is 9.90 Å². The number of hydrogen-bond donors (Lipinski definition) is 2. The zero-order chi connectivity index (χ0) is 13.7. The molecule has 1 rings (SSSR count). The quantitative estimate of drug-likeness (QED) is 0.688. The van der Waals surface area contributed by atoms with E-state index < -0.39 is 0 Å². The molecule has 1 aromatic carbocycles. The fourth-order valence-corrected chi connectivity index (χ4v) is 3.05. The molecular formula is C12H15BrINO2S. The van der Waals surface area contributed by atoms with Gasteiger partial charge < -0.3 is 10.4 Å². The van der Waals surface area contributed by atoms with Gasteiger partial charge in [0.1, 0.15) is 0 Å². The van der Waals surface area contributed by atoms with Crippen molar-refractivity contribution in [2.45, 2.75) is 18.2 Å². The van der Waals surface area contributed by atoms with Crippen LogP contribution in [0.25, 0.3) is 0 Å². The normalized spacial score (nSPS) is 14.1. The largest absolute Gasteiger partial charge is 0.395 e. The number of carbonyl (C=O) groups excluding carboxylic acids is 1. The minimum Gasteiger partial charge on any atom is -0.395 e. The SMILES string of the molecule is CSC(CO)C(C)NC(=O)c1cc(Br)ccc1I. The van der Waals surface area contributed by atoms with Crippen molar-refractivity contribution in [1.82, 2.24) is 5.32 Å². The van der Waals surface area contributed by atoms with Gasteiger partial charge in [0.15, 0.2) is 0 Å². The summed E-state index contributed by atoms with van der Waals surface area (Å²) in [4.78, 5) is 12.1. The van der Waals surface area contributed by atoms with E-state index in [4.69, 9.17) is 0 Å².